The van der Waals surface area contributed by atoms with E-state index in [4.69, 9.17) is 11.6 Å². The molecule has 1 aliphatic carbocycles. The molecule has 0 radical (unpaired) electrons. The minimum absolute atomic E-state index is 0.0404. The molecule has 1 aliphatic rings. The number of rotatable bonds is 5. The Kier molecular flexibility index (Phi) is 5.09. The van der Waals surface area contributed by atoms with Gasteiger partial charge in [0, 0.05) is 23.5 Å². The second kappa shape index (κ2) is 6.60. The Morgan fingerprint density at radius 3 is 2.63 bits per heavy atom. The van der Waals surface area contributed by atoms with Gasteiger partial charge in [-0.15, -0.1) is 11.6 Å². The molecule has 1 aromatic rings. The van der Waals surface area contributed by atoms with Gasteiger partial charge in [-0.25, -0.2) is 0 Å². The summed E-state index contributed by atoms with van der Waals surface area (Å²) in [6.45, 7) is 5.16. The largest absolute Gasteiger partial charge is 0.348 e. The number of ketones is 1. The van der Waals surface area contributed by atoms with Gasteiger partial charge in [-0.05, 0) is 32.3 Å². The van der Waals surface area contributed by atoms with E-state index in [0.29, 0.717) is 0 Å². The molecule has 106 valence electrons. The molecule has 0 N–H and O–H groups in total. The van der Waals surface area contributed by atoms with Gasteiger partial charge < -0.3 is 4.57 Å². The fourth-order valence-corrected chi connectivity index (χ4v) is 3.43. The van der Waals surface area contributed by atoms with Crippen LogP contribution in [0.4, 0.5) is 0 Å². The van der Waals surface area contributed by atoms with E-state index in [1.165, 1.54) is 44.2 Å². The van der Waals surface area contributed by atoms with Crippen LogP contribution in [0.5, 0.6) is 0 Å². The van der Waals surface area contributed by atoms with E-state index in [9.17, 15) is 4.79 Å². The number of Topliss-reactive ketones (excluding diaryl/α,β-unsaturated/α-hetero) is 1. The van der Waals surface area contributed by atoms with Crippen molar-refractivity contribution in [1.82, 2.24) is 4.57 Å². The van der Waals surface area contributed by atoms with Gasteiger partial charge in [0.1, 0.15) is 0 Å². The first-order chi connectivity index (χ1) is 9.13. The lowest BCUT2D eigenvalue weighted by Gasteiger charge is -2.22. The van der Waals surface area contributed by atoms with Crippen LogP contribution in [0.15, 0.2) is 6.07 Å². The Bertz CT molecular complexity index is 444. The van der Waals surface area contributed by atoms with Crippen molar-refractivity contribution >= 4 is 17.4 Å². The zero-order valence-electron chi connectivity index (χ0n) is 12.0. The number of hydrogen-bond acceptors (Lipinski definition) is 1. The maximum atomic E-state index is 11.8. The summed E-state index contributed by atoms with van der Waals surface area (Å²) in [4.78, 5) is 11.8. The van der Waals surface area contributed by atoms with Crippen LogP contribution in [0.25, 0.3) is 0 Å². The number of halogens is 1. The highest BCUT2D eigenvalue weighted by atomic mass is 35.5. The number of carbonyl (C=O) groups is 1. The molecule has 0 saturated heterocycles. The quantitative estimate of drug-likeness (QED) is 0.575. The maximum Gasteiger partial charge on any atom is 0.179 e. The number of hydrogen-bond donors (Lipinski definition) is 0. The van der Waals surface area contributed by atoms with Gasteiger partial charge >= 0.3 is 0 Å². The van der Waals surface area contributed by atoms with Gasteiger partial charge in [0.15, 0.2) is 5.78 Å². The standard InChI is InChI=1S/C16H24ClNO/c1-12-10-15(16(19)11-17)13(2)18(12)9-8-14-6-4-3-5-7-14/h10,14H,3-9,11H2,1-2H3. The molecule has 0 unspecified atom stereocenters. The third-order valence-electron chi connectivity index (χ3n) is 4.48. The summed E-state index contributed by atoms with van der Waals surface area (Å²) in [6, 6.07) is 1.99. The first-order valence-electron chi connectivity index (χ1n) is 7.39. The van der Waals surface area contributed by atoms with E-state index in [0.717, 1.165) is 23.7 Å². The van der Waals surface area contributed by atoms with Crippen LogP contribution in [-0.4, -0.2) is 16.2 Å². The van der Waals surface area contributed by atoms with Gasteiger partial charge in [0.05, 0.1) is 5.88 Å². The number of aryl methyl sites for hydroxylation is 1. The SMILES string of the molecule is Cc1cc(C(=O)CCl)c(C)n1CCC1CCCCC1. The molecule has 0 bridgehead atoms. The van der Waals surface area contributed by atoms with Crippen molar-refractivity contribution in [2.24, 2.45) is 5.92 Å². The molecule has 2 nitrogen and oxygen atoms in total. The molecule has 2 rings (SSSR count). The third-order valence-corrected chi connectivity index (χ3v) is 4.72. The summed E-state index contributed by atoms with van der Waals surface area (Å²) >= 11 is 5.66. The number of alkyl halides is 1. The van der Waals surface area contributed by atoms with Crippen LogP contribution in [0.3, 0.4) is 0 Å². The fraction of sp³-hybridized carbons (Fsp3) is 0.688. The van der Waals surface area contributed by atoms with Crippen molar-refractivity contribution in [3.05, 3.63) is 23.0 Å². The Hall–Kier alpha value is -0.760. The van der Waals surface area contributed by atoms with E-state index in [1.807, 2.05) is 13.0 Å². The molecule has 19 heavy (non-hydrogen) atoms. The predicted molar refractivity (Wildman–Crippen MR) is 80.1 cm³/mol. The van der Waals surface area contributed by atoms with Gasteiger partial charge in [-0.2, -0.15) is 0 Å². The second-order valence-corrected chi connectivity index (χ2v) is 6.05. The van der Waals surface area contributed by atoms with E-state index >= 15 is 0 Å². The zero-order valence-corrected chi connectivity index (χ0v) is 12.8. The summed E-state index contributed by atoms with van der Waals surface area (Å²) in [5.74, 6) is 0.994. The molecule has 0 aromatic carbocycles. The summed E-state index contributed by atoms with van der Waals surface area (Å²) in [5, 5.41) is 0. The predicted octanol–water partition coefficient (Wildman–Crippen LogP) is 4.50. The molecule has 1 saturated carbocycles. The Labute approximate surface area is 121 Å². The highest BCUT2D eigenvalue weighted by molar-refractivity contribution is 6.30. The highest BCUT2D eigenvalue weighted by Crippen LogP contribution is 2.27. The van der Waals surface area contributed by atoms with Crippen LogP contribution < -0.4 is 0 Å². The lowest BCUT2D eigenvalue weighted by Crippen LogP contribution is -2.12. The maximum absolute atomic E-state index is 11.8. The van der Waals surface area contributed by atoms with Crippen molar-refractivity contribution < 1.29 is 4.79 Å². The lowest BCUT2D eigenvalue weighted by atomic mass is 9.87. The van der Waals surface area contributed by atoms with Crippen LogP contribution in [-0.2, 0) is 6.54 Å². The fourth-order valence-electron chi connectivity index (χ4n) is 3.29. The van der Waals surface area contributed by atoms with E-state index in [2.05, 4.69) is 11.5 Å². The van der Waals surface area contributed by atoms with Crippen molar-refractivity contribution in [3.63, 3.8) is 0 Å². The zero-order chi connectivity index (χ0) is 13.8. The summed E-state index contributed by atoms with van der Waals surface area (Å²) < 4.78 is 2.29. The van der Waals surface area contributed by atoms with Crippen LogP contribution in [0.2, 0.25) is 0 Å². The molecule has 1 heterocycles. The van der Waals surface area contributed by atoms with Gasteiger partial charge in [-0.3, -0.25) is 4.79 Å². The van der Waals surface area contributed by atoms with Crippen molar-refractivity contribution in [3.8, 4) is 0 Å². The Morgan fingerprint density at radius 1 is 1.32 bits per heavy atom. The average molecular weight is 282 g/mol. The van der Waals surface area contributed by atoms with Crippen molar-refractivity contribution in [2.45, 2.75) is 58.9 Å². The van der Waals surface area contributed by atoms with Crippen molar-refractivity contribution in [1.29, 1.82) is 0 Å². The lowest BCUT2D eigenvalue weighted by molar-refractivity contribution is 0.102. The van der Waals surface area contributed by atoms with E-state index < -0.39 is 0 Å². The van der Waals surface area contributed by atoms with Crippen LogP contribution in [0, 0.1) is 19.8 Å². The summed E-state index contributed by atoms with van der Waals surface area (Å²) in [7, 11) is 0. The number of nitrogens with zero attached hydrogens (tertiary/aromatic N) is 1. The summed E-state index contributed by atoms with van der Waals surface area (Å²) in [6.07, 6.45) is 8.20. The molecule has 1 fully saturated rings. The minimum Gasteiger partial charge on any atom is -0.348 e. The van der Waals surface area contributed by atoms with E-state index in [1.54, 1.807) is 0 Å². The Morgan fingerprint density at radius 2 is 2.00 bits per heavy atom. The number of aromatic nitrogens is 1. The van der Waals surface area contributed by atoms with Gasteiger partial charge in [0.25, 0.3) is 0 Å². The van der Waals surface area contributed by atoms with Gasteiger partial charge in [-0.1, -0.05) is 32.1 Å². The number of carbonyl (C=O) groups excluding carboxylic acids is 1. The molecule has 0 amide bonds. The van der Waals surface area contributed by atoms with Crippen molar-refractivity contribution in [2.75, 3.05) is 5.88 Å². The monoisotopic (exact) mass is 281 g/mol. The average Bonchev–Trinajstić information content (AvgIpc) is 2.72. The molecule has 0 aliphatic heterocycles. The smallest absolute Gasteiger partial charge is 0.179 e. The van der Waals surface area contributed by atoms with Crippen LogP contribution >= 0.6 is 11.6 Å². The molecular weight excluding hydrogens is 258 g/mol. The first-order valence-corrected chi connectivity index (χ1v) is 7.92. The van der Waals surface area contributed by atoms with Gasteiger partial charge in [0.2, 0.25) is 0 Å². The molecule has 1 aromatic heterocycles. The summed E-state index contributed by atoms with van der Waals surface area (Å²) in [5.41, 5.74) is 3.07. The third kappa shape index (κ3) is 3.42. The normalized spacial score (nSPS) is 16.8. The van der Waals surface area contributed by atoms with E-state index in [-0.39, 0.29) is 11.7 Å². The molecular formula is C16H24ClNO. The topological polar surface area (TPSA) is 22.0 Å². The Balaban J connectivity index is 2.03. The highest BCUT2D eigenvalue weighted by Gasteiger charge is 2.17. The minimum atomic E-state index is 0.0404. The molecule has 0 atom stereocenters. The van der Waals surface area contributed by atoms with Crippen LogP contribution in [0.1, 0.15) is 60.3 Å². The molecule has 0 spiro atoms. The first kappa shape index (κ1) is 14.6. The molecule has 3 heteroatoms. The second-order valence-electron chi connectivity index (χ2n) is 5.79.